The Bertz CT molecular complexity index is 910. The third-order valence-electron chi connectivity index (χ3n) is 4.80. The summed E-state index contributed by atoms with van der Waals surface area (Å²) >= 11 is 0. The fourth-order valence-electron chi connectivity index (χ4n) is 3.31. The summed E-state index contributed by atoms with van der Waals surface area (Å²) in [5.41, 5.74) is 6.11. The lowest BCUT2D eigenvalue weighted by molar-refractivity contribution is -0.112. The van der Waals surface area contributed by atoms with Crippen LogP contribution in [0.25, 0.3) is 6.08 Å². The third kappa shape index (κ3) is 4.68. The van der Waals surface area contributed by atoms with Gasteiger partial charge in [-0.05, 0) is 61.9 Å². The van der Waals surface area contributed by atoms with Gasteiger partial charge in [-0.15, -0.1) is 0 Å². The standard InChI is InChI=1S/C23H29N3O/c1-7-19-10-8-9-16(4)22(19)25-23(27)21(13-24)12-20-11-17(5)26(18(20)6)14-15(2)3/h8-12,15H,7,14H2,1-6H3,(H,25,27)/b21-12+. The van der Waals surface area contributed by atoms with Crippen molar-refractivity contribution < 1.29 is 4.79 Å². The number of carbonyl (C=O) groups is 1. The zero-order valence-corrected chi connectivity index (χ0v) is 17.2. The summed E-state index contributed by atoms with van der Waals surface area (Å²) in [6.45, 7) is 13.4. The molecule has 1 N–H and O–H groups in total. The van der Waals surface area contributed by atoms with Crippen molar-refractivity contribution in [3.63, 3.8) is 0 Å². The van der Waals surface area contributed by atoms with Crippen molar-refractivity contribution in [1.29, 1.82) is 5.26 Å². The molecule has 0 atom stereocenters. The van der Waals surface area contributed by atoms with Crippen LogP contribution in [0.5, 0.6) is 0 Å². The van der Waals surface area contributed by atoms with Crippen molar-refractivity contribution in [1.82, 2.24) is 4.57 Å². The number of anilines is 1. The van der Waals surface area contributed by atoms with Gasteiger partial charge in [0.1, 0.15) is 11.6 Å². The Morgan fingerprint density at radius 3 is 2.59 bits per heavy atom. The highest BCUT2D eigenvalue weighted by Crippen LogP contribution is 2.23. The van der Waals surface area contributed by atoms with Crippen LogP contribution in [-0.2, 0) is 17.8 Å². The lowest BCUT2D eigenvalue weighted by Crippen LogP contribution is -2.15. The highest BCUT2D eigenvalue weighted by Gasteiger charge is 2.15. The minimum absolute atomic E-state index is 0.116. The maximum atomic E-state index is 12.7. The highest BCUT2D eigenvalue weighted by atomic mass is 16.1. The Hall–Kier alpha value is -2.80. The van der Waals surface area contributed by atoms with E-state index in [1.807, 2.05) is 38.1 Å². The molecule has 0 aliphatic heterocycles. The average molecular weight is 364 g/mol. The van der Waals surface area contributed by atoms with E-state index in [2.05, 4.69) is 43.6 Å². The zero-order chi connectivity index (χ0) is 20.1. The first kappa shape index (κ1) is 20.5. The van der Waals surface area contributed by atoms with Crippen LogP contribution in [-0.4, -0.2) is 10.5 Å². The van der Waals surface area contributed by atoms with Gasteiger partial charge in [0, 0.05) is 23.6 Å². The monoisotopic (exact) mass is 363 g/mol. The van der Waals surface area contributed by atoms with Gasteiger partial charge < -0.3 is 9.88 Å². The first-order chi connectivity index (χ1) is 12.8. The van der Waals surface area contributed by atoms with E-state index in [0.717, 1.165) is 46.7 Å². The Kier molecular flexibility index (Phi) is 6.63. The molecule has 0 saturated heterocycles. The van der Waals surface area contributed by atoms with Crippen LogP contribution >= 0.6 is 0 Å². The average Bonchev–Trinajstić information content (AvgIpc) is 2.88. The van der Waals surface area contributed by atoms with Gasteiger partial charge in [-0.1, -0.05) is 39.0 Å². The molecule has 0 spiro atoms. The molecular weight excluding hydrogens is 334 g/mol. The molecule has 0 unspecified atom stereocenters. The molecular formula is C23H29N3O. The minimum Gasteiger partial charge on any atom is -0.348 e. The van der Waals surface area contributed by atoms with Gasteiger partial charge in [-0.25, -0.2) is 0 Å². The number of para-hydroxylation sites is 1. The molecule has 1 aromatic heterocycles. The van der Waals surface area contributed by atoms with Crippen molar-refractivity contribution in [2.24, 2.45) is 5.92 Å². The number of amides is 1. The molecule has 2 aromatic rings. The van der Waals surface area contributed by atoms with E-state index in [1.165, 1.54) is 0 Å². The second kappa shape index (κ2) is 8.73. The number of nitrogens with one attached hydrogen (secondary N) is 1. The molecule has 142 valence electrons. The van der Waals surface area contributed by atoms with Crippen LogP contribution in [0.4, 0.5) is 5.69 Å². The number of nitrogens with zero attached hydrogens (tertiary/aromatic N) is 2. The van der Waals surface area contributed by atoms with Gasteiger partial charge in [-0.3, -0.25) is 4.79 Å². The molecule has 4 heteroatoms. The van der Waals surface area contributed by atoms with Gasteiger partial charge in [0.25, 0.3) is 5.91 Å². The molecule has 0 saturated carbocycles. The number of aromatic nitrogens is 1. The molecule has 1 heterocycles. The van der Waals surface area contributed by atoms with Gasteiger partial charge in [0.2, 0.25) is 0 Å². The minimum atomic E-state index is -0.366. The number of nitriles is 1. The molecule has 0 bridgehead atoms. The molecule has 0 radical (unpaired) electrons. The van der Waals surface area contributed by atoms with E-state index in [4.69, 9.17) is 0 Å². The van der Waals surface area contributed by atoms with Crippen molar-refractivity contribution >= 4 is 17.7 Å². The van der Waals surface area contributed by atoms with Crippen LogP contribution in [0, 0.1) is 38.0 Å². The van der Waals surface area contributed by atoms with Crippen molar-refractivity contribution in [3.05, 3.63) is 57.9 Å². The first-order valence-electron chi connectivity index (χ1n) is 9.46. The topological polar surface area (TPSA) is 57.8 Å². The van der Waals surface area contributed by atoms with Gasteiger partial charge >= 0.3 is 0 Å². The van der Waals surface area contributed by atoms with Crippen molar-refractivity contribution in [2.75, 3.05) is 5.32 Å². The molecule has 4 nitrogen and oxygen atoms in total. The van der Waals surface area contributed by atoms with Crippen LogP contribution in [0.1, 0.15) is 48.8 Å². The second-order valence-electron chi connectivity index (χ2n) is 7.42. The Balaban J connectivity index is 2.35. The summed E-state index contributed by atoms with van der Waals surface area (Å²) in [6.07, 6.45) is 2.51. The zero-order valence-electron chi connectivity index (χ0n) is 17.2. The molecule has 1 amide bonds. The van der Waals surface area contributed by atoms with E-state index >= 15 is 0 Å². The summed E-state index contributed by atoms with van der Waals surface area (Å²) < 4.78 is 2.24. The summed E-state index contributed by atoms with van der Waals surface area (Å²) in [4.78, 5) is 12.7. The second-order valence-corrected chi connectivity index (χ2v) is 7.42. The normalized spacial score (nSPS) is 11.6. The van der Waals surface area contributed by atoms with Crippen LogP contribution in [0.3, 0.4) is 0 Å². The number of rotatable bonds is 6. The molecule has 2 rings (SSSR count). The van der Waals surface area contributed by atoms with E-state index in [0.29, 0.717) is 5.92 Å². The predicted octanol–water partition coefficient (Wildman–Crippen LogP) is 5.18. The summed E-state index contributed by atoms with van der Waals surface area (Å²) in [7, 11) is 0. The Morgan fingerprint density at radius 2 is 2.00 bits per heavy atom. The predicted molar refractivity (Wildman–Crippen MR) is 112 cm³/mol. The third-order valence-corrected chi connectivity index (χ3v) is 4.80. The number of hydrogen-bond donors (Lipinski definition) is 1. The maximum Gasteiger partial charge on any atom is 0.266 e. The molecule has 1 aromatic carbocycles. The van der Waals surface area contributed by atoms with Crippen LogP contribution in [0.2, 0.25) is 0 Å². The number of carbonyl (C=O) groups excluding carboxylic acids is 1. The maximum absolute atomic E-state index is 12.7. The lowest BCUT2D eigenvalue weighted by atomic mass is 10.0. The van der Waals surface area contributed by atoms with Crippen LogP contribution < -0.4 is 5.32 Å². The molecule has 0 aliphatic carbocycles. The molecule has 27 heavy (non-hydrogen) atoms. The molecule has 0 fully saturated rings. The smallest absolute Gasteiger partial charge is 0.266 e. The van der Waals surface area contributed by atoms with E-state index in [1.54, 1.807) is 6.08 Å². The van der Waals surface area contributed by atoms with Gasteiger partial charge in [0.15, 0.2) is 0 Å². The highest BCUT2D eigenvalue weighted by molar-refractivity contribution is 6.10. The Morgan fingerprint density at radius 1 is 1.30 bits per heavy atom. The lowest BCUT2D eigenvalue weighted by Gasteiger charge is -2.13. The fraction of sp³-hybridized carbons (Fsp3) is 0.391. The summed E-state index contributed by atoms with van der Waals surface area (Å²) in [5.74, 6) is 0.161. The van der Waals surface area contributed by atoms with E-state index < -0.39 is 0 Å². The SMILES string of the molecule is CCc1cccc(C)c1NC(=O)/C(C#N)=C/c1cc(C)n(CC(C)C)c1C. The largest absolute Gasteiger partial charge is 0.348 e. The van der Waals surface area contributed by atoms with Gasteiger partial charge in [-0.2, -0.15) is 5.26 Å². The van der Waals surface area contributed by atoms with Crippen LogP contribution in [0.15, 0.2) is 29.8 Å². The Labute approximate surface area is 162 Å². The molecule has 0 aliphatic rings. The van der Waals surface area contributed by atoms with Crippen molar-refractivity contribution in [2.45, 2.75) is 54.5 Å². The van der Waals surface area contributed by atoms with E-state index in [9.17, 15) is 10.1 Å². The van der Waals surface area contributed by atoms with Gasteiger partial charge in [0.05, 0.1) is 0 Å². The summed E-state index contributed by atoms with van der Waals surface area (Å²) in [6, 6.07) is 10.0. The number of hydrogen-bond acceptors (Lipinski definition) is 2. The fourth-order valence-corrected chi connectivity index (χ4v) is 3.31. The first-order valence-corrected chi connectivity index (χ1v) is 9.46. The van der Waals surface area contributed by atoms with E-state index in [-0.39, 0.29) is 11.5 Å². The summed E-state index contributed by atoms with van der Waals surface area (Å²) in [5, 5.41) is 12.5. The quantitative estimate of drug-likeness (QED) is 0.568. The number of benzene rings is 1. The number of aryl methyl sites for hydroxylation is 3. The van der Waals surface area contributed by atoms with Crippen molar-refractivity contribution in [3.8, 4) is 6.07 Å².